The van der Waals surface area contributed by atoms with Crippen molar-refractivity contribution in [1.82, 2.24) is 4.98 Å². The minimum absolute atomic E-state index is 0.264. The number of halogens is 3. The van der Waals surface area contributed by atoms with E-state index in [1.165, 1.54) is 23.5 Å². The largest absolute Gasteiger partial charge is 0.485 e. The quantitative estimate of drug-likeness (QED) is 0.256. The Morgan fingerprint density at radius 2 is 1.75 bits per heavy atom. The van der Waals surface area contributed by atoms with Crippen molar-refractivity contribution in [1.29, 1.82) is 0 Å². The van der Waals surface area contributed by atoms with Gasteiger partial charge in [0.1, 0.15) is 22.6 Å². The van der Waals surface area contributed by atoms with E-state index in [2.05, 4.69) is 11.9 Å². The Labute approximate surface area is 213 Å². The molecule has 0 N–H and O–H groups in total. The zero-order valence-electron chi connectivity index (χ0n) is 20.9. The number of carbonyl (C=O) groups is 1. The van der Waals surface area contributed by atoms with E-state index in [4.69, 9.17) is 14.2 Å². The fourth-order valence-electron chi connectivity index (χ4n) is 3.63. The summed E-state index contributed by atoms with van der Waals surface area (Å²) in [6.07, 6.45) is -3.76. The van der Waals surface area contributed by atoms with E-state index in [-0.39, 0.29) is 12.7 Å². The second kappa shape index (κ2) is 11.8. The van der Waals surface area contributed by atoms with Crippen LogP contribution in [0.2, 0.25) is 0 Å². The predicted octanol–water partition coefficient (Wildman–Crippen LogP) is 7.70. The van der Waals surface area contributed by atoms with Crippen LogP contribution in [0.3, 0.4) is 0 Å². The van der Waals surface area contributed by atoms with E-state index in [1.807, 2.05) is 19.9 Å². The highest BCUT2D eigenvalue weighted by molar-refractivity contribution is 7.15. The van der Waals surface area contributed by atoms with Gasteiger partial charge in [0.15, 0.2) is 6.10 Å². The fourth-order valence-corrected chi connectivity index (χ4v) is 4.76. The van der Waals surface area contributed by atoms with Crippen LogP contribution in [0.15, 0.2) is 42.5 Å². The Kier molecular flexibility index (Phi) is 9.00. The molecule has 2 atom stereocenters. The topological polar surface area (TPSA) is 57.7 Å². The van der Waals surface area contributed by atoms with Crippen molar-refractivity contribution in [2.24, 2.45) is 0 Å². The number of hydrogen-bond acceptors (Lipinski definition) is 6. The summed E-state index contributed by atoms with van der Waals surface area (Å²) in [5, 5.41) is 0.647. The number of carbonyl (C=O) groups excluding carboxylic acids is 1. The minimum Gasteiger partial charge on any atom is -0.485 e. The number of alkyl halides is 3. The third-order valence-corrected chi connectivity index (χ3v) is 6.78. The molecule has 0 fully saturated rings. The summed E-state index contributed by atoms with van der Waals surface area (Å²) in [5.74, 6) is 0.782. The number of aromatic nitrogens is 1. The molecule has 194 valence electrons. The second-order valence-corrected chi connectivity index (χ2v) is 9.41. The third kappa shape index (κ3) is 6.78. The maximum Gasteiger partial charge on any atom is 0.416 e. The lowest BCUT2D eigenvalue weighted by Crippen LogP contribution is -2.26. The van der Waals surface area contributed by atoms with Crippen LogP contribution >= 0.6 is 11.3 Å². The lowest BCUT2D eigenvalue weighted by atomic mass is 10.1. The van der Waals surface area contributed by atoms with E-state index in [1.54, 1.807) is 26.0 Å². The van der Waals surface area contributed by atoms with Crippen LogP contribution in [0.4, 0.5) is 13.2 Å². The van der Waals surface area contributed by atoms with E-state index < -0.39 is 23.8 Å². The zero-order valence-corrected chi connectivity index (χ0v) is 21.8. The summed E-state index contributed by atoms with van der Waals surface area (Å²) in [6.45, 7) is 9.48. The molecule has 36 heavy (non-hydrogen) atoms. The van der Waals surface area contributed by atoms with Crippen LogP contribution < -0.4 is 9.47 Å². The van der Waals surface area contributed by atoms with Gasteiger partial charge >= 0.3 is 12.1 Å². The number of esters is 1. The van der Waals surface area contributed by atoms with Crippen LogP contribution in [-0.4, -0.2) is 23.7 Å². The molecule has 0 aliphatic carbocycles. The molecule has 2 unspecified atom stereocenters. The molecule has 0 saturated carbocycles. The number of benzene rings is 2. The molecule has 0 aliphatic heterocycles. The van der Waals surface area contributed by atoms with Crippen molar-refractivity contribution in [2.45, 2.75) is 65.8 Å². The maximum atomic E-state index is 12.9. The normalized spacial score (nSPS) is 13.2. The summed E-state index contributed by atoms with van der Waals surface area (Å²) < 4.78 is 55.8. The van der Waals surface area contributed by atoms with E-state index in [9.17, 15) is 18.0 Å². The summed E-state index contributed by atoms with van der Waals surface area (Å²) in [7, 11) is 0. The highest BCUT2D eigenvalue weighted by Crippen LogP contribution is 2.38. The monoisotopic (exact) mass is 521 g/mol. The summed E-state index contributed by atoms with van der Waals surface area (Å²) in [4.78, 5) is 17.4. The highest BCUT2D eigenvalue weighted by atomic mass is 32.1. The molecule has 0 bridgehead atoms. The lowest BCUT2D eigenvalue weighted by molar-refractivity contribution is -0.150. The van der Waals surface area contributed by atoms with Gasteiger partial charge in [0.05, 0.1) is 22.7 Å². The Bertz CT molecular complexity index is 1170. The highest BCUT2D eigenvalue weighted by Gasteiger charge is 2.30. The fraction of sp³-hybridized carbons (Fsp3) is 0.407. The molecule has 1 aromatic heterocycles. The molecule has 1 heterocycles. The van der Waals surface area contributed by atoms with Gasteiger partial charge in [0.2, 0.25) is 0 Å². The molecule has 0 radical (unpaired) electrons. The van der Waals surface area contributed by atoms with Crippen molar-refractivity contribution in [3.63, 3.8) is 0 Å². The number of hydrogen-bond donors (Lipinski definition) is 0. The molecule has 0 aliphatic rings. The number of rotatable bonds is 10. The second-order valence-electron chi connectivity index (χ2n) is 8.38. The molecule has 5 nitrogen and oxygen atoms in total. The van der Waals surface area contributed by atoms with Crippen molar-refractivity contribution >= 4 is 17.3 Å². The number of nitrogens with zero attached hydrogens (tertiary/aromatic N) is 1. The van der Waals surface area contributed by atoms with Crippen molar-refractivity contribution in [2.75, 3.05) is 6.61 Å². The van der Waals surface area contributed by atoms with Crippen LogP contribution in [-0.2, 0) is 15.7 Å². The van der Waals surface area contributed by atoms with Gasteiger partial charge in [-0.3, -0.25) is 0 Å². The minimum atomic E-state index is -4.38. The molecule has 0 amide bonds. The first-order chi connectivity index (χ1) is 17.0. The third-order valence-electron chi connectivity index (χ3n) is 5.48. The van der Waals surface area contributed by atoms with Crippen molar-refractivity contribution in [3.05, 3.63) is 64.2 Å². The van der Waals surface area contributed by atoms with Gasteiger partial charge in [-0.1, -0.05) is 25.5 Å². The average molecular weight is 522 g/mol. The van der Waals surface area contributed by atoms with Crippen molar-refractivity contribution < 1.29 is 32.2 Å². The molecule has 3 aromatic rings. The van der Waals surface area contributed by atoms with Crippen LogP contribution in [0.1, 0.15) is 61.4 Å². The van der Waals surface area contributed by atoms with Gasteiger partial charge in [-0.25, -0.2) is 9.78 Å². The van der Waals surface area contributed by atoms with Gasteiger partial charge in [-0.05, 0) is 70.0 Å². The zero-order chi connectivity index (χ0) is 26.5. The predicted molar refractivity (Wildman–Crippen MR) is 133 cm³/mol. The number of aryl methyl sites for hydroxylation is 2. The summed E-state index contributed by atoms with van der Waals surface area (Å²) >= 11 is 1.42. The van der Waals surface area contributed by atoms with E-state index >= 15 is 0 Å². The standard InChI is InChI=1S/C27H30F3NO4S/c1-6-8-23(35-21-13-14-22(16(3)15-21)34-18(5)26(32)33-7-2)24-17(4)31-25(36-24)19-9-11-20(12-10-19)27(28,29)30/h9-15,18,23H,6-8H2,1-5H3. The number of thiazole rings is 1. The SMILES string of the molecule is CCCC(Oc1ccc(OC(C)C(=O)OCC)c(C)c1)c1sc(-c2ccc(C(F)(F)F)cc2)nc1C. The van der Waals surface area contributed by atoms with Gasteiger partial charge < -0.3 is 14.2 Å². The molecular weight excluding hydrogens is 491 g/mol. The molecule has 2 aromatic carbocycles. The molecule has 9 heteroatoms. The van der Waals surface area contributed by atoms with Crippen LogP contribution in [0, 0.1) is 13.8 Å². The number of ether oxygens (including phenoxy) is 3. The van der Waals surface area contributed by atoms with Crippen LogP contribution in [0.25, 0.3) is 10.6 Å². The Balaban J connectivity index is 1.79. The lowest BCUT2D eigenvalue weighted by Gasteiger charge is -2.20. The molecular formula is C27H30F3NO4S. The maximum absolute atomic E-state index is 12.9. The smallest absolute Gasteiger partial charge is 0.416 e. The Morgan fingerprint density at radius 3 is 2.33 bits per heavy atom. The van der Waals surface area contributed by atoms with Gasteiger partial charge in [0, 0.05) is 5.56 Å². The molecule has 3 rings (SSSR count). The van der Waals surface area contributed by atoms with Gasteiger partial charge in [-0.2, -0.15) is 13.2 Å². The first-order valence-electron chi connectivity index (χ1n) is 11.8. The Hall–Kier alpha value is -3.07. The molecule has 0 saturated heterocycles. The Morgan fingerprint density at radius 1 is 1.06 bits per heavy atom. The van der Waals surface area contributed by atoms with Crippen molar-refractivity contribution in [3.8, 4) is 22.1 Å². The average Bonchev–Trinajstić information content (AvgIpc) is 3.21. The summed E-state index contributed by atoms with van der Waals surface area (Å²) in [6, 6.07) is 10.4. The first-order valence-corrected chi connectivity index (χ1v) is 12.6. The van der Waals surface area contributed by atoms with Gasteiger partial charge in [-0.15, -0.1) is 11.3 Å². The van der Waals surface area contributed by atoms with E-state index in [0.717, 1.165) is 41.1 Å². The first kappa shape index (κ1) is 27.5. The molecule has 0 spiro atoms. The summed E-state index contributed by atoms with van der Waals surface area (Å²) in [5.41, 5.74) is 1.54. The van der Waals surface area contributed by atoms with Gasteiger partial charge in [0.25, 0.3) is 0 Å². The van der Waals surface area contributed by atoms with Crippen LogP contribution in [0.5, 0.6) is 11.5 Å². The van der Waals surface area contributed by atoms with E-state index in [0.29, 0.717) is 22.1 Å².